The summed E-state index contributed by atoms with van der Waals surface area (Å²) in [7, 11) is 0. The average Bonchev–Trinajstić information content (AvgIpc) is 2.80. The first-order valence-electron chi connectivity index (χ1n) is 6.00. The van der Waals surface area contributed by atoms with E-state index in [2.05, 4.69) is 0 Å². The van der Waals surface area contributed by atoms with E-state index in [-0.39, 0.29) is 11.5 Å². The summed E-state index contributed by atoms with van der Waals surface area (Å²) in [5.41, 5.74) is -1.26. The van der Waals surface area contributed by atoms with Crippen LogP contribution in [0.15, 0.2) is 18.2 Å². The van der Waals surface area contributed by atoms with Crippen molar-refractivity contribution in [3.05, 3.63) is 35.1 Å². The maximum absolute atomic E-state index is 13.1. The molecule has 1 aromatic carbocycles. The van der Waals surface area contributed by atoms with E-state index in [0.29, 0.717) is 25.7 Å². The molecule has 0 radical (unpaired) electrons. The molecule has 1 aliphatic heterocycles. The summed E-state index contributed by atoms with van der Waals surface area (Å²) < 4.78 is 55.9. The van der Waals surface area contributed by atoms with Gasteiger partial charge >= 0.3 is 6.18 Å². The van der Waals surface area contributed by atoms with E-state index in [9.17, 15) is 22.7 Å². The Hall–Kier alpha value is -1.14. The van der Waals surface area contributed by atoms with Crippen molar-refractivity contribution in [1.29, 1.82) is 0 Å². The first-order chi connectivity index (χ1) is 8.88. The van der Waals surface area contributed by atoms with E-state index in [1.807, 2.05) is 0 Å². The number of alkyl halides is 3. The predicted molar refractivity (Wildman–Crippen MR) is 59.9 cm³/mol. The molecule has 19 heavy (non-hydrogen) atoms. The highest BCUT2D eigenvalue weighted by Crippen LogP contribution is 2.34. The van der Waals surface area contributed by atoms with Gasteiger partial charge in [-0.15, -0.1) is 0 Å². The third-order valence-corrected chi connectivity index (χ3v) is 3.26. The molecule has 2 rings (SSSR count). The van der Waals surface area contributed by atoms with Crippen LogP contribution in [0.2, 0.25) is 0 Å². The molecular formula is C13H14F4O2. The van der Waals surface area contributed by atoms with Gasteiger partial charge in [-0.25, -0.2) is 4.39 Å². The standard InChI is InChI=1S/C13H14F4O2/c14-11-2-1-9(6-10(11)13(15,16)17)12(18)5-8-3-4-19-7-8/h1-2,6,8,12,18H,3-5,7H2. The summed E-state index contributed by atoms with van der Waals surface area (Å²) in [5.74, 6) is -1.19. The summed E-state index contributed by atoms with van der Waals surface area (Å²) in [4.78, 5) is 0. The lowest BCUT2D eigenvalue weighted by molar-refractivity contribution is -0.140. The molecule has 2 unspecified atom stereocenters. The van der Waals surface area contributed by atoms with Crippen molar-refractivity contribution in [1.82, 2.24) is 0 Å². The summed E-state index contributed by atoms with van der Waals surface area (Å²) in [6, 6.07) is 2.60. The maximum atomic E-state index is 13.1. The zero-order valence-electron chi connectivity index (χ0n) is 10.1. The number of benzene rings is 1. The summed E-state index contributed by atoms with van der Waals surface area (Å²) >= 11 is 0. The van der Waals surface area contributed by atoms with Crippen molar-refractivity contribution in [3.8, 4) is 0 Å². The normalized spacial score (nSPS) is 21.6. The molecule has 6 heteroatoms. The largest absolute Gasteiger partial charge is 0.419 e. The second kappa shape index (κ2) is 5.46. The molecule has 0 bridgehead atoms. The number of rotatable bonds is 3. The molecule has 2 nitrogen and oxygen atoms in total. The summed E-state index contributed by atoms with van der Waals surface area (Å²) in [6.45, 7) is 1.11. The minimum atomic E-state index is -4.75. The molecule has 1 aliphatic rings. The van der Waals surface area contributed by atoms with Crippen LogP contribution in [0.1, 0.15) is 30.1 Å². The fourth-order valence-corrected chi connectivity index (χ4v) is 2.19. The van der Waals surface area contributed by atoms with Gasteiger partial charge in [0.25, 0.3) is 0 Å². The number of hydrogen-bond acceptors (Lipinski definition) is 2. The molecule has 1 fully saturated rings. The Morgan fingerprint density at radius 3 is 2.68 bits per heavy atom. The number of ether oxygens (including phenoxy) is 1. The van der Waals surface area contributed by atoms with E-state index in [1.165, 1.54) is 6.07 Å². The van der Waals surface area contributed by atoms with Crippen LogP contribution in [0, 0.1) is 11.7 Å². The second-order valence-electron chi connectivity index (χ2n) is 4.72. The lowest BCUT2D eigenvalue weighted by Crippen LogP contribution is -2.12. The van der Waals surface area contributed by atoms with Crippen molar-refractivity contribution < 1.29 is 27.4 Å². The van der Waals surface area contributed by atoms with Crippen LogP contribution in [-0.2, 0) is 10.9 Å². The number of hydrogen-bond donors (Lipinski definition) is 1. The predicted octanol–water partition coefficient (Wildman–Crippen LogP) is 3.30. The lowest BCUT2D eigenvalue weighted by Gasteiger charge is -2.16. The monoisotopic (exact) mass is 278 g/mol. The molecule has 1 N–H and O–H groups in total. The third-order valence-electron chi connectivity index (χ3n) is 3.26. The Labute approximate surface area is 108 Å². The smallest absolute Gasteiger partial charge is 0.388 e. The van der Waals surface area contributed by atoms with Crippen molar-refractivity contribution in [3.63, 3.8) is 0 Å². The van der Waals surface area contributed by atoms with Crippen LogP contribution in [-0.4, -0.2) is 18.3 Å². The lowest BCUT2D eigenvalue weighted by atomic mass is 9.95. The SMILES string of the molecule is OC(CC1CCOC1)c1ccc(F)c(C(F)(F)F)c1. The van der Waals surface area contributed by atoms with Crippen molar-refractivity contribution in [2.75, 3.05) is 13.2 Å². The minimum absolute atomic E-state index is 0.0839. The molecule has 0 saturated carbocycles. The molecule has 106 valence electrons. The Kier molecular flexibility index (Phi) is 4.10. The number of aliphatic hydroxyl groups excluding tert-OH is 1. The highest BCUT2D eigenvalue weighted by Gasteiger charge is 2.34. The van der Waals surface area contributed by atoms with Crippen molar-refractivity contribution in [2.45, 2.75) is 25.1 Å². The van der Waals surface area contributed by atoms with Crippen LogP contribution in [0.4, 0.5) is 17.6 Å². The van der Waals surface area contributed by atoms with Crippen molar-refractivity contribution in [2.24, 2.45) is 5.92 Å². The zero-order valence-corrected chi connectivity index (χ0v) is 10.1. The molecular weight excluding hydrogens is 264 g/mol. The minimum Gasteiger partial charge on any atom is -0.388 e. The van der Waals surface area contributed by atoms with Gasteiger partial charge in [-0.3, -0.25) is 0 Å². The molecule has 1 aromatic rings. The summed E-state index contributed by atoms with van der Waals surface area (Å²) in [6.07, 6.45) is -4.68. The summed E-state index contributed by atoms with van der Waals surface area (Å²) in [5, 5.41) is 9.92. The molecule has 1 heterocycles. The fraction of sp³-hybridized carbons (Fsp3) is 0.538. The third kappa shape index (κ3) is 3.45. The van der Waals surface area contributed by atoms with E-state index < -0.39 is 23.7 Å². The van der Waals surface area contributed by atoms with Gasteiger partial charge in [0.1, 0.15) is 5.82 Å². The Morgan fingerprint density at radius 2 is 2.11 bits per heavy atom. The van der Waals surface area contributed by atoms with Gasteiger partial charge < -0.3 is 9.84 Å². The van der Waals surface area contributed by atoms with Crippen LogP contribution in [0.25, 0.3) is 0 Å². The number of halogens is 4. The van der Waals surface area contributed by atoms with E-state index in [0.717, 1.165) is 12.5 Å². The highest BCUT2D eigenvalue weighted by molar-refractivity contribution is 5.28. The van der Waals surface area contributed by atoms with Crippen LogP contribution in [0.3, 0.4) is 0 Å². The van der Waals surface area contributed by atoms with Gasteiger partial charge in [0.2, 0.25) is 0 Å². The second-order valence-corrected chi connectivity index (χ2v) is 4.72. The zero-order chi connectivity index (χ0) is 14.0. The molecule has 0 aromatic heterocycles. The topological polar surface area (TPSA) is 29.5 Å². The van der Waals surface area contributed by atoms with Crippen molar-refractivity contribution >= 4 is 0 Å². The average molecular weight is 278 g/mol. The maximum Gasteiger partial charge on any atom is 0.419 e. The molecule has 0 spiro atoms. The van der Waals surface area contributed by atoms with Crippen LogP contribution < -0.4 is 0 Å². The first-order valence-corrected chi connectivity index (χ1v) is 6.00. The van der Waals surface area contributed by atoms with Gasteiger partial charge in [0.05, 0.1) is 11.7 Å². The molecule has 0 amide bonds. The molecule has 0 aliphatic carbocycles. The molecule has 1 saturated heterocycles. The fourth-order valence-electron chi connectivity index (χ4n) is 2.19. The highest BCUT2D eigenvalue weighted by atomic mass is 19.4. The van der Waals surface area contributed by atoms with E-state index >= 15 is 0 Å². The van der Waals surface area contributed by atoms with Crippen LogP contribution in [0.5, 0.6) is 0 Å². The van der Waals surface area contributed by atoms with E-state index in [1.54, 1.807) is 0 Å². The van der Waals surface area contributed by atoms with Gasteiger partial charge in [-0.1, -0.05) is 6.07 Å². The van der Waals surface area contributed by atoms with Gasteiger partial charge in [-0.2, -0.15) is 13.2 Å². The Morgan fingerprint density at radius 1 is 1.37 bits per heavy atom. The van der Waals surface area contributed by atoms with Gasteiger partial charge in [0.15, 0.2) is 0 Å². The number of aliphatic hydroxyl groups is 1. The van der Waals surface area contributed by atoms with Gasteiger partial charge in [0, 0.05) is 13.2 Å². The Balaban J connectivity index is 2.15. The van der Waals surface area contributed by atoms with E-state index in [4.69, 9.17) is 4.74 Å². The first kappa shape index (κ1) is 14.3. The Bertz CT molecular complexity index is 439. The molecule has 2 atom stereocenters. The quantitative estimate of drug-likeness (QED) is 0.860. The van der Waals surface area contributed by atoms with Gasteiger partial charge in [-0.05, 0) is 36.5 Å². The van der Waals surface area contributed by atoms with Crippen LogP contribution >= 0.6 is 0 Å².